The standard InChI is InChI=1S/C22H34NO3.C5H5.Fe/c1-16(2)23(17(3)4)22(25)26-15-19-13-7-5-6-8-14-20(19)21(24)18-11-9-10-12-18;1-2-4-5-3-1;/h9-12,15-17,20-21,24H,5-8,13-14H2,1-4H3;1-5H;/b19-15+;;/t20-,21+;;/m0../s1. The second-order valence-corrected chi connectivity index (χ2v) is 8.86. The Labute approximate surface area is 208 Å². The van der Waals surface area contributed by atoms with Crippen molar-refractivity contribution in [3.05, 3.63) is 75.5 Å². The van der Waals surface area contributed by atoms with Crippen LogP contribution in [0.1, 0.15) is 66.2 Å². The molecule has 0 spiro atoms. The van der Waals surface area contributed by atoms with Crippen molar-refractivity contribution in [2.45, 2.75) is 84.4 Å². The van der Waals surface area contributed by atoms with Crippen LogP contribution in [0.5, 0.6) is 0 Å². The molecule has 3 rings (SSSR count). The maximum atomic E-state index is 12.5. The van der Waals surface area contributed by atoms with Crippen molar-refractivity contribution in [1.82, 2.24) is 4.90 Å². The van der Waals surface area contributed by atoms with Gasteiger partial charge in [-0.2, -0.15) is 0 Å². The number of nitrogens with zero attached hydrogens (tertiary/aromatic N) is 1. The van der Waals surface area contributed by atoms with Gasteiger partial charge in [-0.15, -0.1) is 0 Å². The first kappa shape index (κ1) is 29.5. The normalized spacial score (nSPS) is 24.3. The summed E-state index contributed by atoms with van der Waals surface area (Å²) in [6.07, 6.45) is 25.0. The van der Waals surface area contributed by atoms with Crippen molar-refractivity contribution in [3.8, 4) is 0 Å². The van der Waals surface area contributed by atoms with Crippen LogP contribution in [-0.4, -0.2) is 34.3 Å². The number of hydrogen-bond acceptors (Lipinski definition) is 3. The summed E-state index contributed by atoms with van der Waals surface area (Å²) in [6.45, 7) is 7.97. The third kappa shape index (κ3) is 9.77. The largest absolute Gasteiger partial charge is 0.418 e. The van der Waals surface area contributed by atoms with E-state index >= 15 is 0 Å². The molecule has 3 fully saturated rings. The maximum absolute atomic E-state index is 12.5. The van der Waals surface area contributed by atoms with Crippen LogP contribution in [0.2, 0.25) is 0 Å². The summed E-state index contributed by atoms with van der Waals surface area (Å²) in [4.78, 5) is 14.3. The van der Waals surface area contributed by atoms with Crippen molar-refractivity contribution in [2.24, 2.45) is 5.92 Å². The number of aliphatic hydroxyl groups excluding tert-OH is 1. The second kappa shape index (κ2) is 16.2. The molecule has 3 aliphatic rings. The van der Waals surface area contributed by atoms with E-state index in [0.29, 0.717) is 0 Å². The van der Waals surface area contributed by atoms with Crippen LogP contribution < -0.4 is 0 Å². The van der Waals surface area contributed by atoms with Crippen LogP contribution in [0.3, 0.4) is 0 Å². The molecule has 3 saturated carbocycles. The van der Waals surface area contributed by atoms with Crippen molar-refractivity contribution < 1.29 is 31.7 Å². The van der Waals surface area contributed by atoms with Gasteiger partial charge in [-0.25, -0.2) is 4.79 Å². The number of amides is 1. The quantitative estimate of drug-likeness (QED) is 0.394. The molecule has 0 aromatic heterocycles. The first-order valence-electron chi connectivity index (χ1n) is 11.7. The Bertz CT molecular complexity index is 523. The molecule has 5 heteroatoms. The van der Waals surface area contributed by atoms with Crippen molar-refractivity contribution in [2.75, 3.05) is 0 Å². The third-order valence-electron chi connectivity index (χ3n) is 5.81. The summed E-state index contributed by atoms with van der Waals surface area (Å²) in [5.74, 6) is 0.954. The van der Waals surface area contributed by atoms with Gasteiger partial charge in [0, 0.05) is 41.0 Å². The van der Waals surface area contributed by atoms with Gasteiger partial charge in [-0.05, 0) is 110 Å². The Balaban J connectivity index is 0.000000750. The van der Waals surface area contributed by atoms with Gasteiger partial charge in [0.15, 0.2) is 0 Å². The molecule has 0 heterocycles. The fourth-order valence-corrected chi connectivity index (χ4v) is 4.27. The number of aliphatic hydroxyl groups is 1. The number of rotatable bonds is 5. The molecule has 0 unspecified atom stereocenters. The van der Waals surface area contributed by atoms with Crippen LogP contribution in [0.15, 0.2) is 11.8 Å². The van der Waals surface area contributed by atoms with Gasteiger partial charge in [-0.1, -0.05) is 19.3 Å². The predicted molar refractivity (Wildman–Crippen MR) is 126 cm³/mol. The SMILES string of the molecule is CC(C)N(C(=O)O/C=C1\CCCCCC[C@@H]1[C@H](O)[C]1[CH][CH][CH][CH]1)C(C)C.[CH]1[CH][CH][CH][CH]1.[Fe]. The van der Waals surface area contributed by atoms with Gasteiger partial charge in [0.25, 0.3) is 0 Å². The number of carbonyl (C=O) groups is 1. The zero-order valence-electron chi connectivity index (χ0n) is 19.9. The molecule has 0 aliphatic heterocycles. The van der Waals surface area contributed by atoms with Crippen LogP contribution in [0, 0.1) is 69.6 Å². The molecule has 4 nitrogen and oxygen atoms in total. The topological polar surface area (TPSA) is 49.8 Å². The van der Waals surface area contributed by atoms with E-state index < -0.39 is 6.10 Å². The second-order valence-electron chi connectivity index (χ2n) is 8.86. The van der Waals surface area contributed by atoms with Crippen LogP contribution in [-0.2, 0) is 21.8 Å². The van der Waals surface area contributed by atoms with Crippen LogP contribution in [0.4, 0.5) is 4.79 Å². The molecule has 0 saturated heterocycles. The molecule has 1 N–H and O–H groups in total. The number of carbonyl (C=O) groups excluding carboxylic acids is 1. The Kier molecular flexibility index (Phi) is 14.9. The molecular formula is C27H39FeNO3. The van der Waals surface area contributed by atoms with Crippen LogP contribution in [0.25, 0.3) is 0 Å². The average Bonchev–Trinajstić information content (AvgIpc) is 3.43. The summed E-state index contributed by atoms with van der Waals surface area (Å²) < 4.78 is 5.57. The van der Waals surface area contributed by atoms with Crippen LogP contribution >= 0.6 is 0 Å². The average molecular weight is 481 g/mol. The Morgan fingerprint density at radius 2 is 1.47 bits per heavy atom. The van der Waals surface area contributed by atoms with Crippen molar-refractivity contribution >= 4 is 6.09 Å². The van der Waals surface area contributed by atoms with E-state index in [-0.39, 0.29) is 41.2 Å². The maximum Gasteiger partial charge on any atom is 0.415 e. The molecular weight excluding hydrogens is 442 g/mol. The first-order chi connectivity index (χ1) is 14.9. The Morgan fingerprint density at radius 1 is 0.938 bits per heavy atom. The van der Waals surface area contributed by atoms with E-state index in [1.807, 2.05) is 85.5 Å². The Morgan fingerprint density at radius 3 is 2.00 bits per heavy atom. The van der Waals surface area contributed by atoms with Gasteiger partial charge in [0.1, 0.15) is 0 Å². The summed E-state index contributed by atoms with van der Waals surface area (Å²) in [5.41, 5.74) is 1.05. The van der Waals surface area contributed by atoms with E-state index in [2.05, 4.69) is 0 Å². The van der Waals surface area contributed by atoms with Crippen molar-refractivity contribution in [1.29, 1.82) is 0 Å². The fraction of sp³-hybridized carbons (Fsp3) is 0.519. The third-order valence-corrected chi connectivity index (χ3v) is 5.81. The predicted octanol–water partition coefficient (Wildman–Crippen LogP) is 5.88. The number of hydrogen-bond donors (Lipinski definition) is 1. The molecule has 178 valence electrons. The van der Waals surface area contributed by atoms with E-state index in [1.165, 1.54) is 12.8 Å². The summed E-state index contributed by atoms with van der Waals surface area (Å²) in [5, 5.41) is 10.9. The van der Waals surface area contributed by atoms with E-state index in [9.17, 15) is 9.90 Å². The van der Waals surface area contributed by atoms with E-state index in [0.717, 1.165) is 37.2 Å². The van der Waals surface area contributed by atoms with Gasteiger partial charge in [0.05, 0.1) is 12.4 Å². The van der Waals surface area contributed by atoms with Gasteiger partial charge in [-0.3, -0.25) is 0 Å². The molecule has 2 atom stereocenters. The molecule has 32 heavy (non-hydrogen) atoms. The number of ether oxygens (including phenoxy) is 1. The first-order valence-corrected chi connectivity index (χ1v) is 11.7. The fourth-order valence-electron chi connectivity index (χ4n) is 4.27. The molecule has 0 aromatic carbocycles. The minimum absolute atomic E-state index is 0. The summed E-state index contributed by atoms with van der Waals surface area (Å²) >= 11 is 0. The molecule has 0 aromatic rings. The molecule has 1 amide bonds. The summed E-state index contributed by atoms with van der Waals surface area (Å²) in [7, 11) is 0. The molecule has 0 bridgehead atoms. The zero-order chi connectivity index (χ0) is 22.6. The van der Waals surface area contributed by atoms with E-state index in [1.54, 1.807) is 11.2 Å². The minimum Gasteiger partial charge on any atom is -0.418 e. The van der Waals surface area contributed by atoms with Gasteiger partial charge in [0.2, 0.25) is 0 Å². The van der Waals surface area contributed by atoms with Gasteiger partial charge < -0.3 is 14.7 Å². The van der Waals surface area contributed by atoms with Gasteiger partial charge >= 0.3 is 6.09 Å². The summed E-state index contributed by atoms with van der Waals surface area (Å²) in [6, 6.07) is 0.174. The monoisotopic (exact) mass is 481 g/mol. The Hall–Kier alpha value is -0.511. The smallest absolute Gasteiger partial charge is 0.415 e. The van der Waals surface area contributed by atoms with Crippen molar-refractivity contribution in [3.63, 3.8) is 0 Å². The molecule has 10 radical (unpaired) electrons. The minimum atomic E-state index is -0.542. The molecule has 3 aliphatic carbocycles. The van der Waals surface area contributed by atoms with E-state index in [4.69, 9.17) is 4.74 Å². The zero-order valence-corrected chi connectivity index (χ0v) is 21.0.